The molecule has 0 saturated carbocycles. The Morgan fingerprint density at radius 1 is 1.38 bits per heavy atom. The number of rotatable bonds is 6. The molecule has 1 atom stereocenters. The van der Waals surface area contributed by atoms with Gasteiger partial charge in [0.15, 0.2) is 8.32 Å². The van der Waals surface area contributed by atoms with E-state index >= 15 is 0 Å². The van der Waals surface area contributed by atoms with Gasteiger partial charge in [-0.25, -0.2) is 0 Å². The second-order valence-corrected chi connectivity index (χ2v) is 10.6. The fourth-order valence-corrected chi connectivity index (χ4v) is 2.56. The summed E-state index contributed by atoms with van der Waals surface area (Å²) in [5.41, 5.74) is 0. The fraction of sp³-hybridized carbons (Fsp3) is 0.833. The van der Waals surface area contributed by atoms with Crippen LogP contribution in [0.25, 0.3) is 0 Å². The van der Waals surface area contributed by atoms with Crippen LogP contribution < -0.4 is 0 Å². The van der Waals surface area contributed by atoms with Crippen molar-refractivity contribution in [3.05, 3.63) is 0 Å². The third kappa shape index (κ3) is 5.03. The highest BCUT2D eigenvalue weighted by Crippen LogP contribution is 2.37. The summed E-state index contributed by atoms with van der Waals surface area (Å²) < 4.78 is 6.04. The first-order valence-corrected chi connectivity index (χ1v) is 8.62. The first kappa shape index (κ1) is 15.5. The summed E-state index contributed by atoms with van der Waals surface area (Å²) in [5.74, 6) is 0.0746. The molecule has 4 heteroatoms. The highest BCUT2D eigenvalue weighted by molar-refractivity contribution is 6.74. The largest absolute Gasteiger partial charge is 0.413 e. The summed E-state index contributed by atoms with van der Waals surface area (Å²) in [6, 6.07) is 0. The normalized spacial score (nSPS) is 14.6. The Bertz CT molecular complexity index is 253. The van der Waals surface area contributed by atoms with Crippen LogP contribution in [0.1, 0.15) is 40.5 Å². The first-order chi connectivity index (χ1) is 7.10. The molecule has 0 aromatic heterocycles. The zero-order valence-electron chi connectivity index (χ0n) is 11.3. The lowest BCUT2D eigenvalue weighted by Gasteiger charge is -2.38. The zero-order valence-corrected chi connectivity index (χ0v) is 12.3. The van der Waals surface area contributed by atoms with Gasteiger partial charge in [-0.2, -0.15) is 0 Å². The van der Waals surface area contributed by atoms with Gasteiger partial charge in [-0.15, -0.1) is 0 Å². The standard InChI is InChI=1S/C12H24O3Si/c1-10(14)9-11(7-8-13)15-16(5,6)12(2,3)4/h8,11H,7,9H2,1-6H3/t11-/m1/s1. The van der Waals surface area contributed by atoms with E-state index in [0.29, 0.717) is 12.8 Å². The minimum atomic E-state index is -1.88. The molecule has 0 aromatic carbocycles. The van der Waals surface area contributed by atoms with Crippen molar-refractivity contribution >= 4 is 20.4 Å². The van der Waals surface area contributed by atoms with Crippen LogP contribution in [0, 0.1) is 0 Å². The summed E-state index contributed by atoms with van der Waals surface area (Å²) in [6.45, 7) is 12.2. The lowest BCUT2D eigenvalue weighted by molar-refractivity contribution is -0.119. The number of ketones is 1. The third-order valence-corrected chi connectivity index (χ3v) is 7.68. The Kier molecular flexibility index (Phi) is 5.56. The highest BCUT2D eigenvalue weighted by Gasteiger charge is 2.39. The molecule has 94 valence electrons. The first-order valence-electron chi connectivity index (χ1n) is 5.71. The number of Topliss-reactive ketones (excluding diaryl/α,β-unsaturated/α-hetero) is 1. The van der Waals surface area contributed by atoms with Gasteiger partial charge in [-0.3, -0.25) is 4.79 Å². The Labute approximate surface area is 99.7 Å². The Morgan fingerprint density at radius 2 is 1.88 bits per heavy atom. The highest BCUT2D eigenvalue weighted by atomic mass is 28.4. The van der Waals surface area contributed by atoms with Gasteiger partial charge < -0.3 is 9.22 Å². The van der Waals surface area contributed by atoms with E-state index in [1.807, 2.05) is 0 Å². The van der Waals surface area contributed by atoms with Gasteiger partial charge in [0.25, 0.3) is 0 Å². The molecule has 0 aliphatic rings. The van der Waals surface area contributed by atoms with Crippen LogP contribution in [-0.2, 0) is 14.0 Å². The van der Waals surface area contributed by atoms with Crippen LogP contribution in [-0.4, -0.2) is 26.5 Å². The van der Waals surface area contributed by atoms with E-state index in [1.165, 1.54) is 6.92 Å². The van der Waals surface area contributed by atoms with Crippen molar-refractivity contribution in [3.63, 3.8) is 0 Å². The smallest absolute Gasteiger partial charge is 0.192 e. The van der Waals surface area contributed by atoms with Gasteiger partial charge >= 0.3 is 0 Å². The average Bonchev–Trinajstić information content (AvgIpc) is 1.99. The monoisotopic (exact) mass is 244 g/mol. The van der Waals surface area contributed by atoms with Crippen molar-refractivity contribution in [3.8, 4) is 0 Å². The predicted octanol–water partition coefficient (Wildman–Crippen LogP) is 2.94. The van der Waals surface area contributed by atoms with Crippen LogP contribution in [0.2, 0.25) is 18.1 Å². The maximum absolute atomic E-state index is 11.1. The van der Waals surface area contributed by atoms with Crippen LogP contribution in [0.4, 0.5) is 0 Å². The molecule has 0 radical (unpaired) electrons. The van der Waals surface area contributed by atoms with Crippen molar-refractivity contribution < 1.29 is 14.0 Å². The predicted molar refractivity (Wildman–Crippen MR) is 68.0 cm³/mol. The van der Waals surface area contributed by atoms with Crippen molar-refractivity contribution in [1.29, 1.82) is 0 Å². The molecule has 0 aromatic rings. The fourth-order valence-electron chi connectivity index (χ4n) is 1.19. The van der Waals surface area contributed by atoms with Crippen molar-refractivity contribution in [2.75, 3.05) is 0 Å². The second-order valence-electron chi connectivity index (χ2n) is 5.81. The molecule has 0 spiro atoms. The molecule has 0 bridgehead atoms. The molecule has 0 saturated heterocycles. The van der Waals surface area contributed by atoms with E-state index in [2.05, 4.69) is 33.9 Å². The number of carbonyl (C=O) groups is 2. The molecular formula is C12H24O3Si. The maximum Gasteiger partial charge on any atom is 0.192 e. The zero-order chi connectivity index (χ0) is 13.0. The van der Waals surface area contributed by atoms with Crippen molar-refractivity contribution in [2.24, 2.45) is 0 Å². The maximum atomic E-state index is 11.1. The SMILES string of the molecule is CC(=O)C[C@@H](CC=O)O[Si](C)(C)C(C)(C)C. The molecule has 0 rings (SSSR count). The minimum Gasteiger partial charge on any atom is -0.413 e. The Morgan fingerprint density at radius 3 is 2.19 bits per heavy atom. The summed E-state index contributed by atoms with van der Waals surface area (Å²) in [7, 11) is -1.88. The molecule has 3 nitrogen and oxygen atoms in total. The molecule has 0 heterocycles. The molecule has 0 aliphatic heterocycles. The van der Waals surface area contributed by atoms with E-state index < -0.39 is 8.32 Å². The van der Waals surface area contributed by atoms with Gasteiger partial charge in [0.05, 0.1) is 6.10 Å². The molecule has 16 heavy (non-hydrogen) atoms. The second kappa shape index (κ2) is 5.73. The van der Waals surface area contributed by atoms with Crippen molar-refractivity contribution in [2.45, 2.75) is 64.8 Å². The van der Waals surface area contributed by atoms with E-state index in [0.717, 1.165) is 6.29 Å². The minimum absolute atomic E-state index is 0.0746. The van der Waals surface area contributed by atoms with Crippen LogP contribution in [0.3, 0.4) is 0 Å². The van der Waals surface area contributed by atoms with Gasteiger partial charge in [0.2, 0.25) is 0 Å². The van der Waals surface area contributed by atoms with Crippen LogP contribution in [0.5, 0.6) is 0 Å². The lowest BCUT2D eigenvalue weighted by Crippen LogP contribution is -2.44. The number of hydrogen-bond acceptors (Lipinski definition) is 3. The summed E-state index contributed by atoms with van der Waals surface area (Å²) in [6.07, 6.45) is 1.24. The topological polar surface area (TPSA) is 43.4 Å². The molecule has 0 unspecified atom stereocenters. The quantitative estimate of drug-likeness (QED) is 0.533. The molecule has 0 amide bonds. The van der Waals surface area contributed by atoms with Gasteiger partial charge in [-0.1, -0.05) is 20.8 Å². The number of hydrogen-bond donors (Lipinski definition) is 0. The van der Waals surface area contributed by atoms with Gasteiger partial charge in [0, 0.05) is 12.8 Å². The Balaban J connectivity index is 4.61. The lowest BCUT2D eigenvalue weighted by atomic mass is 10.1. The summed E-state index contributed by atoms with van der Waals surface area (Å²) in [5, 5.41) is 0.102. The number of carbonyl (C=O) groups excluding carboxylic acids is 2. The van der Waals surface area contributed by atoms with E-state index in [9.17, 15) is 9.59 Å². The summed E-state index contributed by atoms with van der Waals surface area (Å²) in [4.78, 5) is 21.6. The van der Waals surface area contributed by atoms with Crippen molar-refractivity contribution in [1.82, 2.24) is 0 Å². The van der Waals surface area contributed by atoms with E-state index in [4.69, 9.17) is 4.43 Å². The average molecular weight is 244 g/mol. The molecule has 0 fully saturated rings. The van der Waals surface area contributed by atoms with Gasteiger partial charge in [0.1, 0.15) is 12.1 Å². The van der Waals surface area contributed by atoms with Crippen LogP contribution >= 0.6 is 0 Å². The van der Waals surface area contributed by atoms with E-state index in [-0.39, 0.29) is 16.9 Å². The van der Waals surface area contributed by atoms with Gasteiger partial charge in [-0.05, 0) is 25.1 Å². The molecule has 0 aliphatic carbocycles. The van der Waals surface area contributed by atoms with E-state index in [1.54, 1.807) is 0 Å². The van der Waals surface area contributed by atoms with Crippen LogP contribution in [0.15, 0.2) is 0 Å². The molecule has 0 N–H and O–H groups in total. The Hall–Kier alpha value is -0.483. The summed E-state index contributed by atoms with van der Waals surface area (Å²) >= 11 is 0. The number of aldehydes is 1. The third-order valence-electron chi connectivity index (χ3n) is 3.14. The molecular weight excluding hydrogens is 220 g/mol.